The Bertz CT molecular complexity index is 644. The lowest BCUT2D eigenvalue weighted by Gasteiger charge is -2.06. The Labute approximate surface area is 115 Å². The van der Waals surface area contributed by atoms with Crippen LogP contribution in [0.25, 0.3) is 11.5 Å². The van der Waals surface area contributed by atoms with Crippen molar-refractivity contribution in [1.29, 1.82) is 0 Å². The van der Waals surface area contributed by atoms with E-state index in [2.05, 4.69) is 19.7 Å². The Hall–Kier alpha value is -2.01. The summed E-state index contributed by atoms with van der Waals surface area (Å²) < 4.78 is 4.58. The molecule has 0 bridgehead atoms. The number of hydrogen-bond donors (Lipinski definition) is 0. The number of esters is 1. The molecule has 6 heteroatoms. The van der Waals surface area contributed by atoms with E-state index in [0.29, 0.717) is 11.5 Å². The van der Waals surface area contributed by atoms with Crippen LogP contribution in [0, 0.1) is 13.8 Å². The number of carbonyl (C=O) groups is 1. The lowest BCUT2D eigenvalue weighted by molar-refractivity contribution is 0.0600. The monoisotopic (exact) mass is 277 g/mol. The van der Waals surface area contributed by atoms with E-state index in [0.717, 1.165) is 11.1 Å². The Morgan fingerprint density at radius 2 is 2.00 bits per heavy atom. The molecule has 0 aliphatic heterocycles. The van der Waals surface area contributed by atoms with Gasteiger partial charge < -0.3 is 4.74 Å². The van der Waals surface area contributed by atoms with E-state index in [-0.39, 0.29) is 10.7 Å². The van der Waals surface area contributed by atoms with Crippen molar-refractivity contribution in [2.75, 3.05) is 7.11 Å². The highest BCUT2D eigenvalue weighted by Gasteiger charge is 2.15. The number of rotatable bonds is 2. The molecular weight excluding hydrogens is 266 g/mol. The van der Waals surface area contributed by atoms with Gasteiger partial charge in [0.25, 0.3) is 0 Å². The molecule has 0 aromatic carbocycles. The zero-order chi connectivity index (χ0) is 14.0. The van der Waals surface area contributed by atoms with Crippen LogP contribution < -0.4 is 0 Å². The van der Waals surface area contributed by atoms with Gasteiger partial charge in [-0.2, -0.15) is 0 Å². The summed E-state index contributed by atoms with van der Waals surface area (Å²) in [6.07, 6.45) is 3.07. The van der Waals surface area contributed by atoms with Gasteiger partial charge in [-0.15, -0.1) is 0 Å². The van der Waals surface area contributed by atoms with E-state index in [4.69, 9.17) is 11.6 Å². The smallest absolute Gasteiger partial charge is 0.342 e. The predicted molar refractivity (Wildman–Crippen MR) is 71.1 cm³/mol. The van der Waals surface area contributed by atoms with Crippen molar-refractivity contribution in [3.63, 3.8) is 0 Å². The van der Waals surface area contributed by atoms with Crippen LogP contribution in [0.4, 0.5) is 0 Å². The molecule has 2 heterocycles. The van der Waals surface area contributed by atoms with Crippen molar-refractivity contribution >= 4 is 17.6 Å². The second kappa shape index (κ2) is 5.32. The summed E-state index contributed by atoms with van der Waals surface area (Å²) in [6.45, 7) is 3.87. The summed E-state index contributed by atoms with van der Waals surface area (Å²) in [4.78, 5) is 23.9. The van der Waals surface area contributed by atoms with E-state index in [1.165, 1.54) is 13.3 Å². The number of ether oxygens (including phenoxy) is 1. The first-order valence-corrected chi connectivity index (χ1v) is 5.95. The molecule has 0 N–H and O–H groups in total. The second-order valence-electron chi connectivity index (χ2n) is 4.07. The molecule has 0 saturated heterocycles. The first-order chi connectivity index (χ1) is 9.02. The summed E-state index contributed by atoms with van der Waals surface area (Å²) in [5.41, 5.74) is 2.78. The van der Waals surface area contributed by atoms with Gasteiger partial charge in [-0.3, -0.25) is 4.98 Å². The van der Waals surface area contributed by atoms with Crippen molar-refractivity contribution in [3.05, 3.63) is 40.3 Å². The molecule has 2 aromatic rings. The summed E-state index contributed by atoms with van der Waals surface area (Å²) in [5, 5.41) is 0.0543. The van der Waals surface area contributed by atoms with Gasteiger partial charge in [-0.05, 0) is 25.0 Å². The minimum absolute atomic E-state index is 0.0543. The molecular formula is C13H12ClN3O2. The largest absolute Gasteiger partial charge is 0.465 e. The maximum atomic E-state index is 11.4. The molecule has 0 fully saturated rings. The van der Waals surface area contributed by atoms with Gasteiger partial charge in [0, 0.05) is 12.4 Å². The maximum Gasteiger partial charge on any atom is 0.342 e. The molecule has 2 rings (SSSR count). The fourth-order valence-corrected chi connectivity index (χ4v) is 1.88. The molecule has 98 valence electrons. The summed E-state index contributed by atoms with van der Waals surface area (Å²) in [5.74, 6) is -0.180. The van der Waals surface area contributed by atoms with Crippen LogP contribution in [-0.2, 0) is 4.74 Å². The lowest BCUT2D eigenvalue weighted by atomic mass is 10.1. The van der Waals surface area contributed by atoms with Gasteiger partial charge in [0.2, 0.25) is 0 Å². The van der Waals surface area contributed by atoms with Crippen molar-refractivity contribution in [2.45, 2.75) is 13.8 Å². The molecule has 2 aromatic heterocycles. The van der Waals surface area contributed by atoms with Crippen molar-refractivity contribution in [1.82, 2.24) is 15.0 Å². The highest BCUT2D eigenvalue weighted by Crippen LogP contribution is 2.21. The molecule has 0 amide bonds. The van der Waals surface area contributed by atoms with Gasteiger partial charge >= 0.3 is 5.97 Å². The van der Waals surface area contributed by atoms with Crippen LogP contribution in [0.2, 0.25) is 5.15 Å². The second-order valence-corrected chi connectivity index (χ2v) is 4.43. The van der Waals surface area contributed by atoms with Crippen molar-refractivity contribution in [3.8, 4) is 11.5 Å². The van der Waals surface area contributed by atoms with Crippen LogP contribution >= 0.6 is 11.6 Å². The number of halogens is 1. The van der Waals surface area contributed by atoms with E-state index in [1.54, 1.807) is 6.20 Å². The van der Waals surface area contributed by atoms with Crippen LogP contribution in [-0.4, -0.2) is 28.0 Å². The van der Waals surface area contributed by atoms with Gasteiger partial charge in [0.1, 0.15) is 16.4 Å². The highest BCUT2D eigenvalue weighted by molar-refractivity contribution is 6.32. The Balaban J connectivity index is 2.47. The quantitative estimate of drug-likeness (QED) is 0.623. The van der Waals surface area contributed by atoms with Crippen LogP contribution in [0.1, 0.15) is 21.5 Å². The highest BCUT2D eigenvalue weighted by atomic mass is 35.5. The lowest BCUT2D eigenvalue weighted by Crippen LogP contribution is -2.06. The molecule has 0 radical (unpaired) electrons. The van der Waals surface area contributed by atoms with E-state index in [9.17, 15) is 4.79 Å². The number of aromatic nitrogens is 3. The minimum Gasteiger partial charge on any atom is -0.465 e. The Morgan fingerprint density at radius 3 is 2.58 bits per heavy atom. The molecule has 19 heavy (non-hydrogen) atoms. The first-order valence-electron chi connectivity index (χ1n) is 5.57. The van der Waals surface area contributed by atoms with Gasteiger partial charge in [0.15, 0.2) is 5.82 Å². The van der Waals surface area contributed by atoms with Gasteiger partial charge in [0.05, 0.1) is 7.11 Å². The number of nitrogens with zero attached hydrogens (tertiary/aromatic N) is 3. The molecule has 0 saturated carbocycles. The molecule has 0 spiro atoms. The summed E-state index contributed by atoms with van der Waals surface area (Å²) in [6, 6.07) is 1.98. The number of methoxy groups -OCH3 is 1. The average Bonchev–Trinajstić information content (AvgIpc) is 2.37. The van der Waals surface area contributed by atoms with Crippen LogP contribution in [0.3, 0.4) is 0 Å². The fourth-order valence-electron chi connectivity index (χ4n) is 1.67. The minimum atomic E-state index is -0.565. The summed E-state index contributed by atoms with van der Waals surface area (Å²) >= 11 is 5.96. The van der Waals surface area contributed by atoms with Crippen molar-refractivity contribution < 1.29 is 9.53 Å². The zero-order valence-corrected chi connectivity index (χ0v) is 11.5. The fraction of sp³-hybridized carbons (Fsp3) is 0.231. The average molecular weight is 278 g/mol. The first kappa shape index (κ1) is 13.4. The van der Waals surface area contributed by atoms with Crippen molar-refractivity contribution in [2.24, 2.45) is 0 Å². The topological polar surface area (TPSA) is 65.0 Å². The predicted octanol–water partition coefficient (Wildman–Crippen LogP) is 2.60. The maximum absolute atomic E-state index is 11.4. The number of aryl methyl sites for hydroxylation is 2. The summed E-state index contributed by atoms with van der Waals surface area (Å²) in [7, 11) is 1.28. The standard InChI is InChI=1S/C13H12ClN3O2/c1-7-4-8(2)10(15-5-7)12-16-6-9(11(14)17-12)13(18)19-3/h4-6H,1-3H3. The van der Waals surface area contributed by atoms with E-state index >= 15 is 0 Å². The third kappa shape index (κ3) is 2.71. The normalized spacial score (nSPS) is 10.3. The number of hydrogen-bond acceptors (Lipinski definition) is 5. The molecule has 0 unspecified atom stereocenters. The number of pyridine rings is 1. The molecule has 0 aliphatic carbocycles. The Kier molecular flexibility index (Phi) is 3.76. The van der Waals surface area contributed by atoms with Crippen LogP contribution in [0.15, 0.2) is 18.5 Å². The van der Waals surface area contributed by atoms with Gasteiger partial charge in [-0.1, -0.05) is 17.7 Å². The molecule has 0 atom stereocenters. The van der Waals surface area contributed by atoms with Gasteiger partial charge in [-0.25, -0.2) is 14.8 Å². The van der Waals surface area contributed by atoms with E-state index < -0.39 is 5.97 Å². The van der Waals surface area contributed by atoms with E-state index in [1.807, 2.05) is 19.9 Å². The van der Waals surface area contributed by atoms with Crippen LogP contribution in [0.5, 0.6) is 0 Å². The number of carbonyl (C=O) groups excluding carboxylic acids is 1. The third-order valence-corrected chi connectivity index (χ3v) is 2.86. The zero-order valence-electron chi connectivity index (χ0n) is 10.8. The molecule has 0 aliphatic rings. The third-order valence-electron chi connectivity index (χ3n) is 2.57. The Morgan fingerprint density at radius 1 is 1.26 bits per heavy atom. The molecule has 5 nitrogen and oxygen atoms in total. The SMILES string of the molecule is COC(=O)c1cnc(-c2ncc(C)cc2C)nc1Cl.